The molecule has 37 heavy (non-hydrogen) atoms. The normalized spacial score (nSPS) is 16.6. The maximum absolute atomic E-state index is 13.0. The van der Waals surface area contributed by atoms with Gasteiger partial charge in [0, 0.05) is 36.9 Å². The average Bonchev–Trinajstić information content (AvgIpc) is 3.31. The van der Waals surface area contributed by atoms with Crippen molar-refractivity contribution in [2.24, 2.45) is 0 Å². The largest absolute Gasteiger partial charge is 0.416 e. The van der Waals surface area contributed by atoms with Crippen molar-refractivity contribution in [3.05, 3.63) is 47.3 Å². The van der Waals surface area contributed by atoms with E-state index in [1.807, 2.05) is 0 Å². The van der Waals surface area contributed by atoms with Gasteiger partial charge in [0.1, 0.15) is 17.6 Å². The van der Waals surface area contributed by atoms with E-state index in [4.69, 9.17) is 10.5 Å². The van der Waals surface area contributed by atoms with Crippen molar-refractivity contribution < 1.29 is 44.6 Å². The Morgan fingerprint density at radius 3 is 2.65 bits per heavy atom. The number of likely N-dealkylation sites (N-methyl/N-ethyl adjacent to an activating group) is 1. The predicted molar refractivity (Wildman–Crippen MR) is 127 cm³/mol. The summed E-state index contributed by atoms with van der Waals surface area (Å²) in [6.07, 6.45) is 1.06. The summed E-state index contributed by atoms with van der Waals surface area (Å²) in [6, 6.07) is 2.64. The zero-order valence-electron chi connectivity index (χ0n) is 20.4. The second-order valence-corrected chi connectivity index (χ2v) is 8.87. The third-order valence-corrected chi connectivity index (χ3v) is 6.44. The number of aryl methyl sites for hydroxylation is 1. The van der Waals surface area contributed by atoms with E-state index >= 15 is 0 Å². The molecule has 4 rings (SSSR count). The number of nitrogens with two attached hydrogens (primary N) is 1. The summed E-state index contributed by atoms with van der Waals surface area (Å²) in [5, 5.41) is 7.57. The van der Waals surface area contributed by atoms with Crippen LogP contribution in [0, 0.1) is 6.92 Å². The molecule has 3 N–H and O–H groups in total. The van der Waals surface area contributed by atoms with Crippen LogP contribution < -0.4 is 11.1 Å². The van der Waals surface area contributed by atoms with Gasteiger partial charge in [-0.2, -0.15) is 18.3 Å². The Kier molecular flexibility index (Phi) is 8.51. The Balaban J connectivity index is 0.00000380. The number of fused-ring (bicyclic) bond motifs is 1. The predicted octanol–water partition coefficient (Wildman–Crippen LogP) is 4.20. The van der Waals surface area contributed by atoms with Crippen LogP contribution in [0.5, 0.6) is 0 Å². The number of rotatable bonds is 4. The standard InChI is InChI=1S/C24H27F3N6O3.Cu/c1-13-10-15(24(25,26)27)7-8-16(13)14(2)32(3)23(35)22(34)30-18-11-29-21(28)17-12-33(31-20(17)18)19-6-4-5-9-36-19;/h7-8,10-12,14,19H,4-6,9H2,1-3H3,(H2,28,29)(H,30,34);. The number of alkyl halides is 3. The fraction of sp³-hybridized carbons (Fsp3) is 0.417. The van der Waals surface area contributed by atoms with Gasteiger partial charge in [-0.05, 0) is 56.4 Å². The van der Waals surface area contributed by atoms with E-state index in [2.05, 4.69) is 15.4 Å². The summed E-state index contributed by atoms with van der Waals surface area (Å²) < 4.78 is 46.4. The van der Waals surface area contributed by atoms with Crippen LogP contribution in [0.1, 0.15) is 55.1 Å². The van der Waals surface area contributed by atoms with Crippen molar-refractivity contribution in [2.45, 2.75) is 51.6 Å². The zero-order valence-corrected chi connectivity index (χ0v) is 21.3. The number of aromatic nitrogens is 3. The number of carbonyl (C=O) groups is 2. The van der Waals surface area contributed by atoms with E-state index in [1.165, 1.54) is 31.1 Å². The molecule has 1 aliphatic rings. The van der Waals surface area contributed by atoms with Gasteiger partial charge in [-0.3, -0.25) is 9.59 Å². The Labute approximate surface area is 222 Å². The molecule has 1 aliphatic heterocycles. The molecule has 3 aromatic rings. The second kappa shape index (κ2) is 11.1. The summed E-state index contributed by atoms with van der Waals surface area (Å²) in [5.74, 6) is -1.59. The van der Waals surface area contributed by atoms with Crippen molar-refractivity contribution in [3.8, 4) is 0 Å². The fourth-order valence-electron chi connectivity index (χ4n) is 4.26. The molecule has 1 radical (unpaired) electrons. The van der Waals surface area contributed by atoms with E-state index in [9.17, 15) is 22.8 Å². The minimum atomic E-state index is -4.47. The molecule has 203 valence electrons. The van der Waals surface area contributed by atoms with Gasteiger partial charge in [-0.25, -0.2) is 9.67 Å². The fourth-order valence-corrected chi connectivity index (χ4v) is 4.26. The number of hydrogen-bond acceptors (Lipinski definition) is 6. The molecule has 13 heteroatoms. The van der Waals surface area contributed by atoms with E-state index in [0.717, 1.165) is 31.4 Å². The van der Waals surface area contributed by atoms with E-state index < -0.39 is 29.6 Å². The van der Waals surface area contributed by atoms with Crippen LogP contribution in [0.15, 0.2) is 30.6 Å². The molecular weight excluding hydrogens is 541 g/mol. The number of ether oxygens (including phenoxy) is 1. The quantitative estimate of drug-likeness (QED) is 0.361. The van der Waals surface area contributed by atoms with Gasteiger partial charge in [-0.1, -0.05) is 6.07 Å². The minimum Gasteiger partial charge on any atom is -0.383 e. The average molecular weight is 568 g/mol. The number of hydrogen-bond donors (Lipinski definition) is 2. The summed E-state index contributed by atoms with van der Waals surface area (Å²) >= 11 is 0. The van der Waals surface area contributed by atoms with Crippen LogP contribution in [-0.4, -0.2) is 45.1 Å². The number of amides is 2. The third kappa shape index (κ3) is 5.89. The number of anilines is 2. The Hall–Kier alpha value is -3.15. The van der Waals surface area contributed by atoms with Crippen molar-refractivity contribution in [2.75, 3.05) is 24.7 Å². The molecule has 2 aromatic heterocycles. The molecule has 9 nitrogen and oxygen atoms in total. The van der Waals surface area contributed by atoms with E-state index in [-0.39, 0.29) is 34.8 Å². The summed E-state index contributed by atoms with van der Waals surface area (Å²) in [5.41, 5.74) is 6.65. The van der Waals surface area contributed by atoms with Crippen LogP contribution in [0.3, 0.4) is 0 Å². The molecule has 0 aliphatic carbocycles. The SMILES string of the molecule is Cc1cc(C(F)(F)F)ccc1C(C)N(C)C(=O)C(=O)Nc1cnc(N)c2cn(C3CCCCO3)nc12.[Cu]. The van der Waals surface area contributed by atoms with Crippen molar-refractivity contribution in [1.29, 1.82) is 0 Å². The molecule has 2 atom stereocenters. The molecule has 0 saturated carbocycles. The first-order valence-electron chi connectivity index (χ1n) is 11.5. The molecule has 1 fully saturated rings. The van der Waals surface area contributed by atoms with Crippen LogP contribution in [0.4, 0.5) is 24.7 Å². The Morgan fingerprint density at radius 2 is 2.03 bits per heavy atom. The van der Waals surface area contributed by atoms with E-state index in [0.29, 0.717) is 28.6 Å². The van der Waals surface area contributed by atoms with Crippen LogP contribution in [0.25, 0.3) is 10.9 Å². The first kappa shape index (κ1) is 28.4. The van der Waals surface area contributed by atoms with Crippen molar-refractivity contribution in [1.82, 2.24) is 19.7 Å². The van der Waals surface area contributed by atoms with Gasteiger partial charge in [0.15, 0.2) is 0 Å². The van der Waals surface area contributed by atoms with E-state index in [1.54, 1.807) is 17.8 Å². The summed E-state index contributed by atoms with van der Waals surface area (Å²) in [6.45, 7) is 3.79. The van der Waals surface area contributed by atoms with Crippen LogP contribution in [-0.2, 0) is 37.6 Å². The first-order valence-corrected chi connectivity index (χ1v) is 11.5. The molecule has 1 saturated heterocycles. The van der Waals surface area contributed by atoms with Gasteiger partial charge < -0.3 is 20.7 Å². The number of halogens is 3. The number of carbonyl (C=O) groups excluding carboxylic acids is 2. The van der Waals surface area contributed by atoms with Crippen molar-refractivity contribution >= 4 is 34.2 Å². The Morgan fingerprint density at radius 1 is 1.30 bits per heavy atom. The van der Waals surface area contributed by atoms with Gasteiger partial charge >= 0.3 is 18.0 Å². The summed E-state index contributed by atoms with van der Waals surface area (Å²) in [4.78, 5) is 31.0. The van der Waals surface area contributed by atoms with Gasteiger partial charge in [-0.15, -0.1) is 0 Å². The first-order chi connectivity index (χ1) is 17.0. The molecule has 2 unspecified atom stereocenters. The van der Waals surface area contributed by atoms with Gasteiger partial charge in [0.2, 0.25) is 0 Å². The second-order valence-electron chi connectivity index (χ2n) is 8.87. The smallest absolute Gasteiger partial charge is 0.383 e. The summed E-state index contributed by atoms with van der Waals surface area (Å²) in [7, 11) is 1.41. The van der Waals surface area contributed by atoms with Crippen LogP contribution in [0.2, 0.25) is 0 Å². The molecule has 0 bridgehead atoms. The molecule has 0 spiro atoms. The monoisotopic (exact) mass is 567 g/mol. The van der Waals surface area contributed by atoms with Crippen molar-refractivity contribution in [3.63, 3.8) is 0 Å². The minimum absolute atomic E-state index is 0. The molecule has 3 heterocycles. The number of nitrogens with one attached hydrogen (secondary N) is 1. The molecule has 1 aromatic carbocycles. The van der Waals surface area contributed by atoms with Gasteiger partial charge in [0.05, 0.1) is 28.9 Å². The van der Waals surface area contributed by atoms with Gasteiger partial charge in [0.25, 0.3) is 0 Å². The number of pyridine rings is 1. The number of benzene rings is 1. The Bertz CT molecular complexity index is 1310. The number of nitrogens with zero attached hydrogens (tertiary/aromatic N) is 4. The van der Waals surface area contributed by atoms with Crippen LogP contribution >= 0.6 is 0 Å². The molecule has 2 amide bonds. The number of nitrogen functional groups attached to an aromatic ring is 1. The maximum atomic E-state index is 13.0. The molecular formula is C24H27CuF3N6O3. The third-order valence-electron chi connectivity index (χ3n) is 6.44. The topological polar surface area (TPSA) is 115 Å². The zero-order chi connectivity index (χ0) is 26.2. The maximum Gasteiger partial charge on any atom is 0.416 e.